The molecular formula is C25H29N3O4. The van der Waals surface area contributed by atoms with Gasteiger partial charge in [-0.15, -0.1) is 0 Å². The van der Waals surface area contributed by atoms with Crippen molar-refractivity contribution in [2.75, 3.05) is 11.6 Å². The highest BCUT2D eigenvalue weighted by molar-refractivity contribution is 6.37. The molecule has 0 saturated heterocycles. The first kappa shape index (κ1) is 23.2. The lowest BCUT2D eigenvalue weighted by Gasteiger charge is -2.25. The summed E-state index contributed by atoms with van der Waals surface area (Å²) in [5.41, 5.74) is 2.31. The Morgan fingerprint density at radius 1 is 1.12 bits per heavy atom. The third kappa shape index (κ3) is 5.04. The van der Waals surface area contributed by atoms with Gasteiger partial charge in [-0.05, 0) is 57.5 Å². The van der Waals surface area contributed by atoms with Crippen LogP contribution in [0.3, 0.4) is 0 Å². The van der Waals surface area contributed by atoms with Crippen LogP contribution in [0.15, 0.2) is 58.6 Å². The minimum atomic E-state index is -0.718. The van der Waals surface area contributed by atoms with E-state index < -0.39 is 17.7 Å². The Morgan fingerprint density at radius 3 is 2.50 bits per heavy atom. The molecule has 0 atom stereocenters. The number of hydrazone groups is 1. The van der Waals surface area contributed by atoms with E-state index in [1.54, 1.807) is 58.2 Å². The zero-order valence-corrected chi connectivity index (χ0v) is 19.4. The molecule has 0 unspecified atom stereocenters. The predicted molar refractivity (Wildman–Crippen MR) is 126 cm³/mol. The third-order valence-corrected chi connectivity index (χ3v) is 4.92. The molecule has 0 aromatic heterocycles. The summed E-state index contributed by atoms with van der Waals surface area (Å²) in [6, 6.07) is 14.4. The maximum Gasteiger partial charge on any atom is 0.435 e. The van der Waals surface area contributed by atoms with Gasteiger partial charge in [0.05, 0.1) is 35.5 Å². The Balaban J connectivity index is 1.97. The molecule has 0 radical (unpaired) electrons. The molecular weight excluding hydrogens is 406 g/mol. The molecule has 1 aliphatic heterocycles. The number of para-hydroxylation sites is 1. The number of nitrogens with zero attached hydrogens (tertiary/aromatic N) is 3. The van der Waals surface area contributed by atoms with Crippen LogP contribution in [0.1, 0.15) is 57.5 Å². The number of carbonyl (C=O) groups is 2. The van der Waals surface area contributed by atoms with Crippen molar-refractivity contribution in [3.8, 4) is 0 Å². The van der Waals surface area contributed by atoms with Gasteiger partial charge >= 0.3 is 12.1 Å². The van der Waals surface area contributed by atoms with Gasteiger partial charge in [-0.2, -0.15) is 10.1 Å². The Bertz CT molecular complexity index is 1080. The monoisotopic (exact) mass is 435 g/mol. The molecule has 1 aliphatic rings. The molecule has 0 spiro atoms. The van der Waals surface area contributed by atoms with Crippen molar-refractivity contribution in [1.29, 1.82) is 0 Å². The summed E-state index contributed by atoms with van der Waals surface area (Å²) in [5, 5.41) is 5.57. The first-order chi connectivity index (χ1) is 15.0. The van der Waals surface area contributed by atoms with E-state index in [9.17, 15) is 9.59 Å². The van der Waals surface area contributed by atoms with E-state index in [0.717, 1.165) is 16.3 Å². The van der Waals surface area contributed by atoms with E-state index in [2.05, 4.69) is 23.9 Å². The second-order valence-corrected chi connectivity index (χ2v) is 8.95. The van der Waals surface area contributed by atoms with E-state index in [0.29, 0.717) is 17.0 Å². The second-order valence-electron chi connectivity index (χ2n) is 8.95. The first-order valence-electron chi connectivity index (χ1n) is 10.6. The first-order valence-corrected chi connectivity index (χ1v) is 10.6. The standard InChI is InChI=1S/C25H29N3O4/c1-7-31-22(29)17-11-10-12-18(15-17)28(23(30)32-24(2,3)4)26-16-21-25(5,6)19-13-8-9-14-20(19)27-21/h8-16H,7H2,1-6H3/b26-16-. The number of aliphatic imine (C=N–C) groups is 1. The van der Waals surface area contributed by atoms with Crippen molar-refractivity contribution < 1.29 is 19.1 Å². The zero-order valence-electron chi connectivity index (χ0n) is 19.4. The summed E-state index contributed by atoms with van der Waals surface area (Å²) in [7, 11) is 0. The number of amides is 1. The number of rotatable bonds is 5. The minimum Gasteiger partial charge on any atom is -0.462 e. The summed E-state index contributed by atoms with van der Waals surface area (Å²) in [5.74, 6) is -0.473. The average molecular weight is 436 g/mol. The topological polar surface area (TPSA) is 80.6 Å². The van der Waals surface area contributed by atoms with Crippen LogP contribution in [-0.4, -0.2) is 36.2 Å². The van der Waals surface area contributed by atoms with Crippen molar-refractivity contribution in [2.24, 2.45) is 10.1 Å². The molecule has 1 heterocycles. The maximum absolute atomic E-state index is 13.0. The van der Waals surface area contributed by atoms with E-state index in [1.807, 2.05) is 24.3 Å². The van der Waals surface area contributed by atoms with Gasteiger partial charge in [0.25, 0.3) is 0 Å². The fraction of sp³-hybridized carbons (Fsp3) is 0.360. The number of anilines is 1. The molecule has 0 bridgehead atoms. The zero-order chi connectivity index (χ0) is 23.5. The van der Waals surface area contributed by atoms with Gasteiger partial charge in [0, 0.05) is 5.41 Å². The van der Waals surface area contributed by atoms with Gasteiger partial charge in [-0.1, -0.05) is 38.1 Å². The SMILES string of the molecule is CCOC(=O)c1cccc(N(/N=C\C2=Nc3ccccc3C2(C)C)C(=O)OC(C)(C)C)c1. The summed E-state index contributed by atoms with van der Waals surface area (Å²) in [4.78, 5) is 29.9. The molecule has 7 heteroatoms. The van der Waals surface area contributed by atoms with Gasteiger partial charge < -0.3 is 9.47 Å². The van der Waals surface area contributed by atoms with E-state index in [4.69, 9.17) is 9.47 Å². The smallest absolute Gasteiger partial charge is 0.435 e. The van der Waals surface area contributed by atoms with Crippen LogP contribution in [0.25, 0.3) is 0 Å². The van der Waals surface area contributed by atoms with Crippen LogP contribution in [0.4, 0.5) is 16.2 Å². The van der Waals surface area contributed by atoms with Gasteiger partial charge in [0.1, 0.15) is 5.60 Å². The molecule has 7 nitrogen and oxygen atoms in total. The second kappa shape index (κ2) is 8.94. The van der Waals surface area contributed by atoms with Gasteiger partial charge in [0.15, 0.2) is 0 Å². The van der Waals surface area contributed by atoms with Crippen LogP contribution in [-0.2, 0) is 14.9 Å². The molecule has 0 fully saturated rings. The summed E-state index contributed by atoms with van der Waals surface area (Å²) < 4.78 is 10.6. The highest BCUT2D eigenvalue weighted by Gasteiger charge is 2.34. The molecule has 0 saturated carbocycles. The number of fused-ring (bicyclic) bond motifs is 1. The molecule has 1 amide bonds. The largest absolute Gasteiger partial charge is 0.462 e. The number of benzene rings is 2. The molecule has 32 heavy (non-hydrogen) atoms. The number of ether oxygens (including phenoxy) is 2. The lowest BCUT2D eigenvalue weighted by molar-refractivity contribution is 0.0522. The van der Waals surface area contributed by atoms with Crippen LogP contribution in [0.5, 0.6) is 0 Å². The fourth-order valence-electron chi connectivity index (χ4n) is 3.31. The lowest BCUT2D eigenvalue weighted by Crippen LogP contribution is -2.35. The van der Waals surface area contributed by atoms with Crippen molar-refractivity contribution in [1.82, 2.24) is 0 Å². The Hall–Kier alpha value is -3.48. The summed E-state index contributed by atoms with van der Waals surface area (Å²) >= 11 is 0. The molecule has 0 aliphatic carbocycles. The van der Waals surface area contributed by atoms with Gasteiger partial charge in [-0.3, -0.25) is 4.99 Å². The van der Waals surface area contributed by atoms with Gasteiger partial charge in [0.2, 0.25) is 0 Å². The summed E-state index contributed by atoms with van der Waals surface area (Å²) in [6.07, 6.45) is 0.907. The van der Waals surface area contributed by atoms with Crippen molar-refractivity contribution >= 4 is 35.4 Å². The summed E-state index contributed by atoms with van der Waals surface area (Å²) in [6.45, 7) is 11.5. The van der Waals surface area contributed by atoms with E-state index in [1.165, 1.54) is 0 Å². The van der Waals surface area contributed by atoms with Gasteiger partial charge in [-0.25, -0.2) is 9.59 Å². The average Bonchev–Trinajstić information content (AvgIpc) is 2.97. The van der Waals surface area contributed by atoms with Crippen LogP contribution in [0, 0.1) is 0 Å². The number of carbonyl (C=O) groups excluding carboxylic acids is 2. The molecule has 168 valence electrons. The van der Waals surface area contributed by atoms with E-state index >= 15 is 0 Å². The Labute approximate surface area is 188 Å². The lowest BCUT2D eigenvalue weighted by atomic mass is 9.82. The molecule has 3 rings (SSSR count). The van der Waals surface area contributed by atoms with Crippen LogP contribution < -0.4 is 5.01 Å². The maximum atomic E-state index is 13.0. The molecule has 2 aromatic rings. The number of esters is 1. The molecule has 0 N–H and O–H groups in total. The van der Waals surface area contributed by atoms with Crippen molar-refractivity contribution in [3.05, 3.63) is 59.7 Å². The minimum absolute atomic E-state index is 0.256. The Morgan fingerprint density at radius 2 is 1.84 bits per heavy atom. The third-order valence-electron chi connectivity index (χ3n) is 4.92. The normalized spacial score (nSPS) is 14.6. The van der Waals surface area contributed by atoms with Crippen LogP contribution >= 0.6 is 0 Å². The highest BCUT2D eigenvalue weighted by Crippen LogP contribution is 2.39. The van der Waals surface area contributed by atoms with Crippen LogP contribution in [0.2, 0.25) is 0 Å². The number of hydrogen-bond acceptors (Lipinski definition) is 6. The molecule has 2 aromatic carbocycles. The Kier molecular flexibility index (Phi) is 6.48. The van der Waals surface area contributed by atoms with Crippen molar-refractivity contribution in [3.63, 3.8) is 0 Å². The highest BCUT2D eigenvalue weighted by atomic mass is 16.6. The quantitative estimate of drug-likeness (QED) is 0.345. The van der Waals surface area contributed by atoms with E-state index in [-0.39, 0.29) is 12.0 Å². The van der Waals surface area contributed by atoms with Crippen molar-refractivity contribution in [2.45, 2.75) is 52.6 Å². The predicted octanol–water partition coefficient (Wildman–Crippen LogP) is 5.65. The fourth-order valence-corrected chi connectivity index (χ4v) is 3.31. The number of hydrogen-bond donors (Lipinski definition) is 0.